The Hall–Kier alpha value is -1.60. The predicted octanol–water partition coefficient (Wildman–Crippen LogP) is 3.33. The lowest BCUT2D eigenvalue weighted by Gasteiger charge is -2.01. The van der Waals surface area contributed by atoms with E-state index in [1.54, 1.807) is 6.92 Å². The summed E-state index contributed by atoms with van der Waals surface area (Å²) in [5.74, 6) is -1.01. The highest BCUT2D eigenvalue weighted by Gasteiger charge is 2.16. The van der Waals surface area contributed by atoms with Crippen molar-refractivity contribution in [3.63, 3.8) is 0 Å². The zero-order chi connectivity index (χ0) is 14.5. The molecule has 0 aliphatic carbocycles. The molecule has 0 aliphatic heterocycles. The summed E-state index contributed by atoms with van der Waals surface area (Å²) in [6.07, 6.45) is 0. The molecule has 0 N–H and O–H groups in total. The molecule has 0 aliphatic rings. The second kappa shape index (κ2) is 6.71. The number of ether oxygens (including phenoxy) is 1. The van der Waals surface area contributed by atoms with Gasteiger partial charge in [-0.05, 0) is 30.7 Å². The van der Waals surface area contributed by atoms with Crippen LogP contribution in [0.2, 0.25) is 5.02 Å². The molecule has 1 aromatic heterocycles. The van der Waals surface area contributed by atoms with Gasteiger partial charge in [0.1, 0.15) is 5.82 Å². The molecule has 5 nitrogen and oxygen atoms in total. The number of hydrogen-bond acceptors (Lipinski definition) is 6. The highest BCUT2D eigenvalue weighted by atomic mass is 35.5. The van der Waals surface area contributed by atoms with Crippen LogP contribution in [0.3, 0.4) is 0 Å². The molecule has 0 bridgehead atoms. The first kappa shape index (κ1) is 14.8. The van der Waals surface area contributed by atoms with E-state index in [9.17, 15) is 9.18 Å². The summed E-state index contributed by atoms with van der Waals surface area (Å²) in [5, 5.41) is 7.84. The van der Waals surface area contributed by atoms with Gasteiger partial charge in [0.15, 0.2) is 0 Å². The van der Waals surface area contributed by atoms with Crippen molar-refractivity contribution in [1.82, 2.24) is 10.2 Å². The number of carbonyl (C=O) groups is 1. The van der Waals surface area contributed by atoms with E-state index in [1.165, 1.54) is 18.2 Å². The van der Waals surface area contributed by atoms with E-state index in [2.05, 4.69) is 10.2 Å². The number of hydrogen-bond donors (Lipinski definition) is 0. The first-order chi connectivity index (χ1) is 9.60. The highest BCUT2D eigenvalue weighted by Crippen LogP contribution is 2.25. The van der Waals surface area contributed by atoms with Gasteiger partial charge in [-0.1, -0.05) is 28.5 Å². The predicted molar refractivity (Wildman–Crippen MR) is 71.2 cm³/mol. The van der Waals surface area contributed by atoms with Crippen LogP contribution >= 0.6 is 23.4 Å². The summed E-state index contributed by atoms with van der Waals surface area (Å²) in [7, 11) is 0. The van der Waals surface area contributed by atoms with Crippen molar-refractivity contribution >= 4 is 29.3 Å². The lowest BCUT2D eigenvalue weighted by molar-refractivity contribution is 0.0475. The molecule has 1 aromatic carbocycles. The molecule has 2 aromatic rings. The van der Waals surface area contributed by atoms with Crippen molar-refractivity contribution < 1.29 is 18.3 Å². The smallest absolute Gasteiger partial charge is 0.396 e. The Morgan fingerprint density at radius 1 is 1.50 bits per heavy atom. The molecule has 0 radical (unpaired) electrons. The second-order valence-electron chi connectivity index (χ2n) is 3.62. The summed E-state index contributed by atoms with van der Waals surface area (Å²) < 4.78 is 23.3. The Labute approximate surface area is 123 Å². The third-order valence-electron chi connectivity index (χ3n) is 2.22. The molecule has 20 heavy (non-hydrogen) atoms. The van der Waals surface area contributed by atoms with Crippen molar-refractivity contribution in [2.75, 3.05) is 6.61 Å². The number of thioether (sulfide) groups is 1. The normalized spacial score (nSPS) is 10.6. The van der Waals surface area contributed by atoms with Crippen LogP contribution in [0, 0.1) is 5.82 Å². The fourth-order valence-electron chi connectivity index (χ4n) is 1.34. The molecule has 0 fully saturated rings. The number of nitrogens with zero attached hydrogens (tertiary/aromatic N) is 2. The van der Waals surface area contributed by atoms with Gasteiger partial charge in [0.25, 0.3) is 5.22 Å². The summed E-state index contributed by atoms with van der Waals surface area (Å²) in [6, 6.07) is 4.28. The molecule has 0 saturated carbocycles. The average Bonchev–Trinajstić information content (AvgIpc) is 2.89. The van der Waals surface area contributed by atoms with Gasteiger partial charge in [0.2, 0.25) is 0 Å². The summed E-state index contributed by atoms with van der Waals surface area (Å²) in [6.45, 7) is 1.89. The minimum atomic E-state index is -0.680. The van der Waals surface area contributed by atoms with Crippen LogP contribution in [0.5, 0.6) is 0 Å². The Balaban J connectivity index is 2.01. The van der Waals surface area contributed by atoms with E-state index in [-0.39, 0.29) is 29.3 Å². The van der Waals surface area contributed by atoms with Crippen LogP contribution in [0.15, 0.2) is 27.8 Å². The van der Waals surface area contributed by atoms with Gasteiger partial charge in [-0.25, -0.2) is 9.18 Å². The Morgan fingerprint density at radius 2 is 2.30 bits per heavy atom. The average molecular weight is 317 g/mol. The van der Waals surface area contributed by atoms with Crippen LogP contribution in [0.4, 0.5) is 4.39 Å². The van der Waals surface area contributed by atoms with E-state index in [0.717, 1.165) is 11.8 Å². The molecule has 8 heteroatoms. The van der Waals surface area contributed by atoms with Crippen LogP contribution in [0.1, 0.15) is 23.2 Å². The Morgan fingerprint density at radius 3 is 3.05 bits per heavy atom. The largest absolute Gasteiger partial charge is 0.459 e. The first-order valence-electron chi connectivity index (χ1n) is 5.67. The fourth-order valence-corrected chi connectivity index (χ4v) is 2.27. The number of rotatable bonds is 5. The van der Waals surface area contributed by atoms with E-state index in [0.29, 0.717) is 10.6 Å². The molecular weight excluding hydrogens is 307 g/mol. The van der Waals surface area contributed by atoms with Gasteiger partial charge in [-0.3, -0.25) is 0 Å². The molecule has 0 saturated heterocycles. The van der Waals surface area contributed by atoms with E-state index in [4.69, 9.17) is 20.8 Å². The third-order valence-corrected chi connectivity index (χ3v) is 3.32. The number of benzene rings is 1. The topological polar surface area (TPSA) is 65.2 Å². The highest BCUT2D eigenvalue weighted by molar-refractivity contribution is 7.98. The molecule has 2 rings (SSSR count). The monoisotopic (exact) mass is 316 g/mol. The van der Waals surface area contributed by atoms with Gasteiger partial charge in [-0.15, -0.1) is 5.10 Å². The van der Waals surface area contributed by atoms with Gasteiger partial charge >= 0.3 is 11.9 Å². The molecule has 0 spiro atoms. The van der Waals surface area contributed by atoms with Gasteiger partial charge in [0, 0.05) is 10.8 Å². The minimum absolute atomic E-state index is 0.160. The molecular formula is C12H10ClFN2O3S. The summed E-state index contributed by atoms with van der Waals surface area (Å²) in [5.41, 5.74) is 0.415. The number of aromatic nitrogens is 2. The van der Waals surface area contributed by atoms with Crippen LogP contribution < -0.4 is 0 Å². The lowest BCUT2D eigenvalue weighted by atomic mass is 10.2. The van der Waals surface area contributed by atoms with Crippen LogP contribution in [-0.4, -0.2) is 22.8 Å². The zero-order valence-electron chi connectivity index (χ0n) is 10.4. The standard InChI is InChI=1S/C12H10ClFN2O3S/c1-2-18-11(17)10-15-16-12(19-10)20-6-7-5-8(13)3-4-9(7)14/h3-5H,2,6H2,1H3. The number of esters is 1. The van der Waals surface area contributed by atoms with Crippen LogP contribution in [0.25, 0.3) is 0 Å². The third kappa shape index (κ3) is 3.71. The number of carbonyl (C=O) groups excluding carboxylic acids is 1. The van der Waals surface area contributed by atoms with Gasteiger partial charge < -0.3 is 9.15 Å². The van der Waals surface area contributed by atoms with Crippen molar-refractivity contribution in [3.8, 4) is 0 Å². The van der Waals surface area contributed by atoms with Crippen molar-refractivity contribution in [1.29, 1.82) is 0 Å². The van der Waals surface area contributed by atoms with Gasteiger partial charge in [-0.2, -0.15) is 0 Å². The Bertz CT molecular complexity index is 620. The maximum Gasteiger partial charge on any atom is 0.396 e. The van der Waals surface area contributed by atoms with Crippen molar-refractivity contribution in [2.45, 2.75) is 17.9 Å². The maximum absolute atomic E-state index is 13.5. The zero-order valence-corrected chi connectivity index (χ0v) is 12.0. The molecule has 0 amide bonds. The van der Waals surface area contributed by atoms with E-state index in [1.807, 2.05) is 0 Å². The fraction of sp³-hybridized carbons (Fsp3) is 0.250. The SMILES string of the molecule is CCOC(=O)c1nnc(SCc2cc(Cl)ccc2F)o1. The summed E-state index contributed by atoms with van der Waals surface area (Å²) >= 11 is 6.90. The second-order valence-corrected chi connectivity index (χ2v) is 4.98. The lowest BCUT2D eigenvalue weighted by Crippen LogP contribution is -2.04. The van der Waals surface area contributed by atoms with Crippen molar-refractivity contribution in [3.05, 3.63) is 40.5 Å². The quantitative estimate of drug-likeness (QED) is 0.622. The molecule has 0 unspecified atom stereocenters. The first-order valence-corrected chi connectivity index (χ1v) is 7.04. The summed E-state index contributed by atoms with van der Waals surface area (Å²) in [4.78, 5) is 11.3. The van der Waals surface area contributed by atoms with E-state index >= 15 is 0 Å². The molecule has 0 atom stereocenters. The minimum Gasteiger partial charge on any atom is -0.459 e. The van der Waals surface area contributed by atoms with Gasteiger partial charge in [0.05, 0.1) is 6.61 Å². The number of halogens is 2. The molecule has 1 heterocycles. The Kier molecular flexibility index (Phi) is 4.97. The van der Waals surface area contributed by atoms with E-state index < -0.39 is 5.97 Å². The maximum atomic E-state index is 13.5. The van der Waals surface area contributed by atoms with Crippen LogP contribution in [-0.2, 0) is 10.5 Å². The van der Waals surface area contributed by atoms with Crippen molar-refractivity contribution in [2.24, 2.45) is 0 Å². The molecule has 106 valence electrons.